The molecule has 2 aliphatic rings. The summed E-state index contributed by atoms with van der Waals surface area (Å²) in [6, 6.07) is 1.92. The summed E-state index contributed by atoms with van der Waals surface area (Å²) in [5, 5.41) is 0. The van der Waals surface area contributed by atoms with Crippen LogP contribution in [-0.4, -0.2) is 35.1 Å². The van der Waals surface area contributed by atoms with Crippen LogP contribution in [0.25, 0.3) is 0 Å². The molecule has 94 valence electrons. The van der Waals surface area contributed by atoms with Crippen molar-refractivity contribution in [2.45, 2.75) is 50.2 Å². The second-order valence-electron chi connectivity index (χ2n) is 5.62. The van der Waals surface area contributed by atoms with Gasteiger partial charge in [-0.1, -0.05) is 0 Å². The second kappa shape index (κ2) is 4.67. The zero-order valence-corrected chi connectivity index (χ0v) is 11.2. The molecule has 0 amide bonds. The van der Waals surface area contributed by atoms with Crippen LogP contribution in [0, 0.1) is 5.92 Å². The van der Waals surface area contributed by atoms with Gasteiger partial charge in [-0.2, -0.15) is 0 Å². The van der Waals surface area contributed by atoms with Crippen molar-refractivity contribution < 1.29 is 0 Å². The third-order valence-electron chi connectivity index (χ3n) is 4.66. The van der Waals surface area contributed by atoms with Gasteiger partial charge in [0.1, 0.15) is 0 Å². The fourth-order valence-electron chi connectivity index (χ4n) is 3.55. The fraction of sp³-hybridized carbons (Fsp3) is 0.769. The number of rotatable bonds is 3. The molecule has 3 atom stereocenters. The molecular weight excluding hydrogens is 230 g/mol. The van der Waals surface area contributed by atoms with Crippen LogP contribution in [0.15, 0.2) is 11.7 Å². The molecule has 3 unspecified atom stereocenters. The molecule has 2 N–H and O–H groups in total. The average Bonchev–Trinajstić information content (AvgIpc) is 2.86. The summed E-state index contributed by atoms with van der Waals surface area (Å²) < 4.78 is 0. The largest absolute Gasteiger partial charge is 0.327 e. The highest BCUT2D eigenvalue weighted by Gasteiger charge is 2.40. The minimum Gasteiger partial charge on any atom is -0.327 e. The van der Waals surface area contributed by atoms with Gasteiger partial charge >= 0.3 is 0 Å². The van der Waals surface area contributed by atoms with Crippen molar-refractivity contribution in [3.05, 3.63) is 16.6 Å². The highest BCUT2D eigenvalue weighted by Crippen LogP contribution is 2.38. The molecule has 0 radical (unpaired) electrons. The van der Waals surface area contributed by atoms with Gasteiger partial charge in [0.2, 0.25) is 0 Å². The highest BCUT2D eigenvalue weighted by molar-refractivity contribution is 7.09. The van der Waals surface area contributed by atoms with E-state index in [2.05, 4.69) is 16.9 Å². The zero-order chi connectivity index (χ0) is 11.8. The first-order chi connectivity index (χ1) is 8.24. The number of piperidine rings is 1. The smallest absolute Gasteiger partial charge is 0.0794 e. The van der Waals surface area contributed by atoms with E-state index in [1.165, 1.54) is 30.6 Å². The molecule has 0 aromatic carbocycles. The molecule has 4 heteroatoms. The van der Waals surface area contributed by atoms with Gasteiger partial charge < -0.3 is 10.6 Å². The summed E-state index contributed by atoms with van der Waals surface area (Å²) in [7, 11) is 2.28. The molecule has 3 rings (SSSR count). The molecule has 1 aromatic rings. The van der Waals surface area contributed by atoms with Crippen molar-refractivity contribution in [1.29, 1.82) is 0 Å². The maximum absolute atomic E-state index is 6.40. The number of fused-ring (bicyclic) bond motifs is 2. The van der Waals surface area contributed by atoms with Crippen molar-refractivity contribution in [3.8, 4) is 0 Å². The van der Waals surface area contributed by atoms with Gasteiger partial charge in [0.15, 0.2) is 0 Å². The molecule has 0 saturated carbocycles. The maximum Gasteiger partial charge on any atom is 0.0794 e. The van der Waals surface area contributed by atoms with Gasteiger partial charge in [-0.3, -0.25) is 4.98 Å². The van der Waals surface area contributed by atoms with Gasteiger partial charge in [0.05, 0.1) is 5.51 Å². The van der Waals surface area contributed by atoms with E-state index in [4.69, 9.17) is 5.73 Å². The van der Waals surface area contributed by atoms with Crippen LogP contribution >= 0.6 is 11.3 Å². The quantitative estimate of drug-likeness (QED) is 0.892. The Morgan fingerprint density at radius 1 is 1.47 bits per heavy atom. The molecule has 2 saturated heterocycles. The van der Waals surface area contributed by atoms with E-state index in [1.54, 1.807) is 11.3 Å². The van der Waals surface area contributed by atoms with E-state index in [0.29, 0.717) is 12.0 Å². The summed E-state index contributed by atoms with van der Waals surface area (Å²) in [6.45, 7) is 0. The molecule has 3 heterocycles. The summed E-state index contributed by atoms with van der Waals surface area (Å²) in [5.74, 6) is 0.714. The number of thiazole rings is 1. The van der Waals surface area contributed by atoms with Crippen molar-refractivity contribution in [2.75, 3.05) is 7.05 Å². The lowest BCUT2D eigenvalue weighted by molar-refractivity contribution is 0.121. The molecule has 1 aromatic heterocycles. The van der Waals surface area contributed by atoms with Crippen LogP contribution in [0.2, 0.25) is 0 Å². The fourth-order valence-corrected chi connectivity index (χ4v) is 4.21. The van der Waals surface area contributed by atoms with Crippen molar-refractivity contribution in [1.82, 2.24) is 9.88 Å². The number of hydrogen-bond donors (Lipinski definition) is 1. The van der Waals surface area contributed by atoms with Crippen LogP contribution < -0.4 is 5.73 Å². The Kier molecular flexibility index (Phi) is 3.19. The summed E-state index contributed by atoms with van der Waals surface area (Å²) in [6.07, 6.45) is 8.34. The lowest BCUT2D eigenvalue weighted by atomic mass is 9.84. The number of nitrogens with zero attached hydrogens (tertiary/aromatic N) is 2. The Labute approximate surface area is 107 Å². The lowest BCUT2D eigenvalue weighted by Crippen LogP contribution is -2.46. The average molecular weight is 251 g/mol. The third kappa shape index (κ3) is 2.26. The molecule has 0 spiro atoms. The topological polar surface area (TPSA) is 42.1 Å². The molecule has 2 fully saturated rings. The van der Waals surface area contributed by atoms with E-state index < -0.39 is 0 Å². The first kappa shape index (κ1) is 11.6. The lowest BCUT2D eigenvalue weighted by Gasteiger charge is -2.38. The minimum atomic E-state index is 0.326. The minimum absolute atomic E-state index is 0.326. The zero-order valence-electron chi connectivity index (χ0n) is 10.4. The molecule has 0 aliphatic carbocycles. The van der Waals surface area contributed by atoms with Gasteiger partial charge in [-0.15, -0.1) is 11.3 Å². The molecular formula is C13H21N3S. The van der Waals surface area contributed by atoms with Crippen molar-refractivity contribution in [3.63, 3.8) is 0 Å². The maximum atomic E-state index is 6.40. The van der Waals surface area contributed by atoms with Gasteiger partial charge in [0.25, 0.3) is 0 Å². The molecule has 17 heavy (non-hydrogen) atoms. The van der Waals surface area contributed by atoms with E-state index in [0.717, 1.165) is 18.5 Å². The monoisotopic (exact) mass is 251 g/mol. The Morgan fingerprint density at radius 3 is 2.76 bits per heavy atom. The van der Waals surface area contributed by atoms with E-state index in [9.17, 15) is 0 Å². The van der Waals surface area contributed by atoms with Gasteiger partial charge in [-0.05, 0) is 45.1 Å². The van der Waals surface area contributed by atoms with Crippen LogP contribution in [0.1, 0.15) is 30.6 Å². The number of hydrogen-bond acceptors (Lipinski definition) is 4. The highest BCUT2D eigenvalue weighted by atomic mass is 32.1. The molecule has 2 aliphatic heterocycles. The predicted octanol–water partition coefficient (Wildman–Crippen LogP) is 1.89. The van der Waals surface area contributed by atoms with Crippen LogP contribution in [0.4, 0.5) is 0 Å². The van der Waals surface area contributed by atoms with Crippen LogP contribution in [0.5, 0.6) is 0 Å². The third-order valence-corrected chi connectivity index (χ3v) is 5.46. The standard InChI is InChI=1S/C13H21N3S/c1-16-10-2-3-11(16)5-9(4-10)13(14)6-12-7-15-8-17-12/h7-11,13H,2-6,14H2,1H3. The van der Waals surface area contributed by atoms with Gasteiger partial charge in [0, 0.05) is 29.2 Å². The number of aromatic nitrogens is 1. The first-order valence-corrected chi connectivity index (χ1v) is 7.47. The van der Waals surface area contributed by atoms with Crippen molar-refractivity contribution >= 4 is 11.3 Å². The van der Waals surface area contributed by atoms with E-state index in [1.807, 2.05) is 11.7 Å². The Morgan fingerprint density at radius 2 is 2.18 bits per heavy atom. The summed E-state index contributed by atoms with van der Waals surface area (Å²) in [4.78, 5) is 8.05. The Balaban J connectivity index is 1.62. The normalized spacial score (nSPS) is 35.1. The molecule has 3 nitrogen and oxygen atoms in total. The predicted molar refractivity (Wildman–Crippen MR) is 71.1 cm³/mol. The molecule has 2 bridgehead atoms. The summed E-state index contributed by atoms with van der Waals surface area (Å²) >= 11 is 1.73. The van der Waals surface area contributed by atoms with Gasteiger partial charge in [-0.25, -0.2) is 0 Å². The number of nitrogens with two attached hydrogens (primary N) is 1. The first-order valence-electron chi connectivity index (χ1n) is 6.59. The van der Waals surface area contributed by atoms with Crippen LogP contribution in [0.3, 0.4) is 0 Å². The van der Waals surface area contributed by atoms with E-state index >= 15 is 0 Å². The van der Waals surface area contributed by atoms with E-state index in [-0.39, 0.29) is 0 Å². The SMILES string of the molecule is CN1C2CCC1CC(C(N)Cc1cncs1)C2. The van der Waals surface area contributed by atoms with Crippen molar-refractivity contribution in [2.24, 2.45) is 11.7 Å². The summed E-state index contributed by atoms with van der Waals surface area (Å²) in [5.41, 5.74) is 8.30. The Bertz CT molecular complexity index is 351. The second-order valence-corrected chi connectivity index (χ2v) is 6.59. The van der Waals surface area contributed by atoms with Crippen LogP contribution in [-0.2, 0) is 6.42 Å². The Hall–Kier alpha value is -0.450.